The van der Waals surface area contributed by atoms with E-state index < -0.39 is 16.0 Å². The van der Waals surface area contributed by atoms with Crippen molar-refractivity contribution in [3.05, 3.63) is 48.0 Å². The van der Waals surface area contributed by atoms with Gasteiger partial charge >= 0.3 is 5.97 Å². The van der Waals surface area contributed by atoms with E-state index in [4.69, 9.17) is 18.9 Å². The molecule has 0 radical (unpaired) electrons. The highest BCUT2D eigenvalue weighted by Gasteiger charge is 2.30. The number of sulfonamides is 1. The number of hydrogen-bond donors (Lipinski definition) is 0. The van der Waals surface area contributed by atoms with Gasteiger partial charge < -0.3 is 18.9 Å². The summed E-state index contributed by atoms with van der Waals surface area (Å²) in [4.78, 5) is 12.4. The van der Waals surface area contributed by atoms with E-state index in [0.29, 0.717) is 25.4 Å². The zero-order valence-corrected chi connectivity index (χ0v) is 19.2. The van der Waals surface area contributed by atoms with Gasteiger partial charge in [-0.25, -0.2) is 13.2 Å². The molecule has 2 aromatic rings. The zero-order chi connectivity index (χ0) is 23.0. The molecule has 0 amide bonds. The highest BCUT2D eigenvalue weighted by molar-refractivity contribution is 7.89. The SMILES string of the molecule is CCCOc1ccc(OCCOC(=O)c2ccc(OC)c(S(=O)(=O)N3CCCC3)c2)cc1. The molecule has 8 nitrogen and oxygen atoms in total. The Balaban J connectivity index is 1.57. The summed E-state index contributed by atoms with van der Waals surface area (Å²) >= 11 is 0. The van der Waals surface area contributed by atoms with Crippen molar-refractivity contribution >= 4 is 16.0 Å². The summed E-state index contributed by atoms with van der Waals surface area (Å²) in [5, 5.41) is 0. The van der Waals surface area contributed by atoms with Crippen LogP contribution in [0.2, 0.25) is 0 Å². The van der Waals surface area contributed by atoms with Gasteiger partial charge in [0.15, 0.2) is 0 Å². The standard InChI is InChI=1S/C23H29NO7S/c1-3-14-29-19-7-9-20(10-8-19)30-15-16-31-23(25)18-6-11-21(28-2)22(17-18)32(26,27)24-12-4-5-13-24/h6-11,17H,3-5,12-16H2,1-2H3. The molecule has 1 heterocycles. The number of hydrogen-bond acceptors (Lipinski definition) is 7. The Morgan fingerprint density at radius 3 is 2.16 bits per heavy atom. The molecule has 0 aliphatic carbocycles. The first-order valence-electron chi connectivity index (χ1n) is 10.7. The van der Waals surface area contributed by atoms with Gasteiger partial charge in [0.2, 0.25) is 10.0 Å². The molecule has 0 unspecified atom stereocenters. The fraction of sp³-hybridized carbons (Fsp3) is 0.435. The van der Waals surface area contributed by atoms with E-state index in [1.807, 2.05) is 19.1 Å². The second-order valence-electron chi connectivity index (χ2n) is 7.28. The number of carbonyl (C=O) groups is 1. The zero-order valence-electron chi connectivity index (χ0n) is 18.4. The molecule has 1 saturated heterocycles. The number of rotatable bonds is 11. The fourth-order valence-electron chi connectivity index (χ4n) is 3.30. The Bertz CT molecular complexity index is 1000. The van der Waals surface area contributed by atoms with Gasteiger partial charge in [-0.15, -0.1) is 0 Å². The molecule has 174 valence electrons. The van der Waals surface area contributed by atoms with Gasteiger partial charge in [0, 0.05) is 13.1 Å². The van der Waals surface area contributed by atoms with Gasteiger partial charge in [-0.2, -0.15) is 4.31 Å². The molecule has 32 heavy (non-hydrogen) atoms. The summed E-state index contributed by atoms with van der Waals surface area (Å²) in [6.07, 6.45) is 2.57. The van der Waals surface area contributed by atoms with Crippen molar-refractivity contribution in [1.82, 2.24) is 4.31 Å². The van der Waals surface area contributed by atoms with E-state index in [0.717, 1.165) is 25.0 Å². The summed E-state index contributed by atoms with van der Waals surface area (Å²) in [5.41, 5.74) is 0.140. The molecular weight excluding hydrogens is 434 g/mol. The van der Waals surface area contributed by atoms with E-state index in [1.54, 1.807) is 12.1 Å². The lowest BCUT2D eigenvalue weighted by molar-refractivity contribution is 0.0450. The van der Waals surface area contributed by atoms with Crippen molar-refractivity contribution in [3.8, 4) is 17.2 Å². The normalized spacial score (nSPS) is 14.2. The maximum atomic E-state index is 13.0. The maximum Gasteiger partial charge on any atom is 0.338 e. The van der Waals surface area contributed by atoms with E-state index in [9.17, 15) is 13.2 Å². The minimum atomic E-state index is -3.74. The van der Waals surface area contributed by atoms with Gasteiger partial charge in [-0.05, 0) is 61.7 Å². The van der Waals surface area contributed by atoms with Crippen LogP contribution in [0.15, 0.2) is 47.4 Å². The van der Waals surface area contributed by atoms with E-state index in [1.165, 1.54) is 29.6 Å². The number of methoxy groups -OCH3 is 1. The molecule has 0 N–H and O–H groups in total. The highest BCUT2D eigenvalue weighted by atomic mass is 32.2. The number of benzene rings is 2. The largest absolute Gasteiger partial charge is 0.495 e. The summed E-state index contributed by atoms with van der Waals surface area (Å²) in [6, 6.07) is 11.5. The Kier molecular flexibility index (Phi) is 8.35. The minimum Gasteiger partial charge on any atom is -0.495 e. The maximum absolute atomic E-state index is 13.0. The average Bonchev–Trinajstić information content (AvgIpc) is 3.36. The minimum absolute atomic E-state index is 0.0210. The van der Waals surface area contributed by atoms with E-state index >= 15 is 0 Å². The Hall–Kier alpha value is -2.78. The van der Waals surface area contributed by atoms with Crippen molar-refractivity contribution in [3.63, 3.8) is 0 Å². The van der Waals surface area contributed by atoms with Crippen molar-refractivity contribution < 1.29 is 32.2 Å². The first-order chi connectivity index (χ1) is 15.5. The monoisotopic (exact) mass is 463 g/mol. The lowest BCUT2D eigenvalue weighted by Crippen LogP contribution is -2.28. The summed E-state index contributed by atoms with van der Waals surface area (Å²) in [6.45, 7) is 3.80. The average molecular weight is 464 g/mol. The van der Waals surface area contributed by atoms with Crippen LogP contribution in [-0.2, 0) is 14.8 Å². The molecule has 3 rings (SSSR count). The lowest BCUT2D eigenvalue weighted by Gasteiger charge is -2.18. The first-order valence-corrected chi connectivity index (χ1v) is 12.1. The van der Waals surface area contributed by atoms with Crippen LogP contribution in [0.3, 0.4) is 0 Å². The number of nitrogens with zero attached hydrogens (tertiary/aromatic N) is 1. The van der Waals surface area contributed by atoms with Gasteiger partial charge in [0.05, 0.1) is 19.3 Å². The third-order valence-electron chi connectivity index (χ3n) is 4.96. The van der Waals surface area contributed by atoms with Crippen LogP contribution in [0, 0.1) is 0 Å². The van der Waals surface area contributed by atoms with Crippen LogP contribution >= 0.6 is 0 Å². The Labute approximate surface area is 189 Å². The number of ether oxygens (including phenoxy) is 4. The molecule has 0 bridgehead atoms. The van der Waals surface area contributed by atoms with Crippen LogP contribution in [0.25, 0.3) is 0 Å². The van der Waals surface area contributed by atoms with Gasteiger partial charge in [-0.3, -0.25) is 0 Å². The van der Waals surface area contributed by atoms with E-state index in [2.05, 4.69) is 0 Å². The molecule has 9 heteroatoms. The Morgan fingerprint density at radius 2 is 1.56 bits per heavy atom. The first kappa shape index (κ1) is 23.9. The lowest BCUT2D eigenvalue weighted by atomic mass is 10.2. The third kappa shape index (κ3) is 5.92. The van der Waals surface area contributed by atoms with E-state index in [-0.39, 0.29) is 29.4 Å². The van der Waals surface area contributed by atoms with Crippen molar-refractivity contribution in [2.45, 2.75) is 31.1 Å². The van der Waals surface area contributed by atoms with Gasteiger partial charge in [-0.1, -0.05) is 6.92 Å². The summed E-state index contributed by atoms with van der Waals surface area (Å²) in [5.74, 6) is 0.971. The summed E-state index contributed by atoms with van der Waals surface area (Å²) < 4.78 is 48.9. The van der Waals surface area contributed by atoms with Crippen LogP contribution in [0.1, 0.15) is 36.5 Å². The quantitative estimate of drug-likeness (QED) is 0.372. The number of esters is 1. The molecule has 1 aliphatic rings. The molecular formula is C23H29NO7S. The second kappa shape index (κ2) is 11.2. The number of carbonyl (C=O) groups excluding carboxylic acids is 1. The molecule has 1 aliphatic heterocycles. The Morgan fingerprint density at radius 1 is 0.938 bits per heavy atom. The molecule has 0 saturated carbocycles. The van der Waals surface area contributed by atoms with Crippen molar-refractivity contribution in [2.24, 2.45) is 0 Å². The molecule has 0 aromatic heterocycles. The van der Waals surface area contributed by atoms with Crippen LogP contribution in [0.5, 0.6) is 17.2 Å². The van der Waals surface area contributed by atoms with Gasteiger partial charge in [0.1, 0.15) is 35.4 Å². The van der Waals surface area contributed by atoms with Crippen LogP contribution < -0.4 is 14.2 Å². The van der Waals surface area contributed by atoms with Crippen molar-refractivity contribution in [1.29, 1.82) is 0 Å². The predicted octanol–water partition coefficient (Wildman–Crippen LogP) is 3.50. The summed E-state index contributed by atoms with van der Waals surface area (Å²) in [7, 11) is -2.34. The molecule has 0 atom stereocenters. The van der Waals surface area contributed by atoms with Crippen LogP contribution in [-0.4, -0.2) is 58.7 Å². The molecule has 1 fully saturated rings. The molecule has 2 aromatic carbocycles. The van der Waals surface area contributed by atoms with Crippen molar-refractivity contribution in [2.75, 3.05) is 40.0 Å². The second-order valence-corrected chi connectivity index (χ2v) is 9.19. The third-order valence-corrected chi connectivity index (χ3v) is 6.88. The topological polar surface area (TPSA) is 91.4 Å². The smallest absolute Gasteiger partial charge is 0.338 e. The fourth-order valence-corrected chi connectivity index (χ4v) is 5.00. The molecule has 0 spiro atoms. The predicted molar refractivity (Wildman–Crippen MR) is 119 cm³/mol. The van der Waals surface area contributed by atoms with Gasteiger partial charge in [0.25, 0.3) is 0 Å². The van der Waals surface area contributed by atoms with Crippen LogP contribution in [0.4, 0.5) is 0 Å². The highest BCUT2D eigenvalue weighted by Crippen LogP contribution is 2.30.